The van der Waals surface area contributed by atoms with Crippen LogP contribution in [0.2, 0.25) is 0 Å². The Morgan fingerprint density at radius 2 is 2.24 bits per heavy atom. The average molecular weight is 417 g/mol. The summed E-state index contributed by atoms with van der Waals surface area (Å²) >= 11 is 1.67. The first-order valence-electron chi connectivity index (χ1n) is 10.4. The zero-order valence-corrected chi connectivity index (χ0v) is 17.6. The minimum absolute atomic E-state index is 0.0960. The lowest BCUT2D eigenvalue weighted by molar-refractivity contribution is -0.146. The Kier molecular flexibility index (Phi) is 6.68. The summed E-state index contributed by atoms with van der Waals surface area (Å²) < 4.78 is 5.60. The molecule has 2 saturated heterocycles. The van der Waals surface area contributed by atoms with Gasteiger partial charge in [0, 0.05) is 49.4 Å². The number of morpholine rings is 1. The van der Waals surface area contributed by atoms with E-state index in [1.807, 2.05) is 17.2 Å². The number of amides is 1. The quantitative estimate of drug-likeness (QED) is 0.747. The van der Waals surface area contributed by atoms with E-state index in [0.29, 0.717) is 13.2 Å². The highest BCUT2D eigenvalue weighted by Gasteiger charge is 2.31. The maximum atomic E-state index is 12.6. The molecule has 0 bridgehead atoms. The zero-order valence-electron chi connectivity index (χ0n) is 16.8. The van der Waals surface area contributed by atoms with E-state index >= 15 is 0 Å². The van der Waals surface area contributed by atoms with E-state index in [0.717, 1.165) is 62.1 Å². The summed E-state index contributed by atoms with van der Waals surface area (Å²) in [7, 11) is 0. The number of rotatable bonds is 6. The fourth-order valence-electron chi connectivity index (χ4n) is 3.76. The fourth-order valence-corrected chi connectivity index (χ4v) is 4.68. The topological polar surface area (TPSA) is 92.3 Å². The number of hydrogen-bond acceptors (Lipinski definition) is 8. The number of carbonyl (C=O) groups excluding carboxylic acids is 1. The molecule has 0 radical (unpaired) electrons. The van der Waals surface area contributed by atoms with Gasteiger partial charge in [0.05, 0.1) is 6.61 Å². The molecule has 9 heteroatoms. The van der Waals surface area contributed by atoms with E-state index in [2.05, 4.69) is 27.5 Å². The molecule has 0 spiro atoms. The van der Waals surface area contributed by atoms with E-state index in [9.17, 15) is 4.79 Å². The van der Waals surface area contributed by atoms with E-state index in [1.165, 1.54) is 4.88 Å². The lowest BCUT2D eigenvalue weighted by atomic mass is 9.95. The molecule has 2 aromatic heterocycles. The van der Waals surface area contributed by atoms with Crippen LogP contribution in [0.4, 0.5) is 10.9 Å². The Bertz CT molecular complexity index is 815. The predicted molar refractivity (Wildman–Crippen MR) is 113 cm³/mol. The number of aromatic nitrogens is 3. The van der Waals surface area contributed by atoms with Gasteiger partial charge < -0.3 is 20.3 Å². The largest absolute Gasteiger partial charge is 0.366 e. The lowest BCUT2D eigenvalue weighted by Gasteiger charge is -2.34. The highest BCUT2D eigenvalue weighted by atomic mass is 32.1. The Labute approximate surface area is 175 Å². The van der Waals surface area contributed by atoms with Gasteiger partial charge >= 0.3 is 0 Å². The number of hydrogen-bond donors (Lipinski definition) is 2. The minimum atomic E-state index is -0.347. The van der Waals surface area contributed by atoms with Crippen LogP contribution < -0.4 is 10.6 Å². The second kappa shape index (κ2) is 9.60. The Balaban J connectivity index is 1.33. The van der Waals surface area contributed by atoms with Crippen molar-refractivity contribution in [3.63, 3.8) is 0 Å². The smallest absolute Gasteiger partial charge is 0.253 e. The summed E-state index contributed by atoms with van der Waals surface area (Å²) in [5, 5.41) is 7.38. The van der Waals surface area contributed by atoms with E-state index < -0.39 is 0 Å². The molecule has 0 aromatic carbocycles. The molecule has 156 valence electrons. The van der Waals surface area contributed by atoms with Crippen LogP contribution in [0.3, 0.4) is 0 Å². The first-order chi connectivity index (χ1) is 14.2. The van der Waals surface area contributed by atoms with Crippen molar-refractivity contribution in [3.05, 3.63) is 29.2 Å². The summed E-state index contributed by atoms with van der Waals surface area (Å²) in [6, 6.07) is 1.87. The third kappa shape index (κ3) is 5.09. The van der Waals surface area contributed by atoms with Crippen LogP contribution in [0.25, 0.3) is 0 Å². The van der Waals surface area contributed by atoms with E-state index in [-0.39, 0.29) is 17.9 Å². The van der Waals surface area contributed by atoms with Crippen LogP contribution in [-0.4, -0.2) is 64.6 Å². The Morgan fingerprint density at radius 1 is 1.38 bits per heavy atom. The molecule has 0 saturated carbocycles. The summed E-state index contributed by atoms with van der Waals surface area (Å²) in [5.41, 5.74) is 0. The molecule has 2 aliphatic heterocycles. The normalized spacial score (nSPS) is 20.6. The molecule has 4 heterocycles. The molecule has 0 aliphatic carbocycles. The number of piperidine rings is 1. The molecule has 4 rings (SSSR count). The summed E-state index contributed by atoms with van der Waals surface area (Å²) in [4.78, 5) is 29.4. The maximum Gasteiger partial charge on any atom is 0.253 e. The third-order valence-corrected chi connectivity index (χ3v) is 6.31. The predicted octanol–water partition coefficient (Wildman–Crippen LogP) is 2.32. The van der Waals surface area contributed by atoms with Gasteiger partial charge in [-0.15, -0.1) is 11.3 Å². The molecule has 8 nitrogen and oxygen atoms in total. The molecular weight excluding hydrogens is 388 g/mol. The van der Waals surface area contributed by atoms with Crippen molar-refractivity contribution in [2.45, 2.75) is 44.6 Å². The number of anilines is 2. The van der Waals surface area contributed by atoms with Gasteiger partial charge in [0.1, 0.15) is 17.7 Å². The molecule has 1 amide bonds. The molecule has 29 heavy (non-hydrogen) atoms. The van der Waals surface area contributed by atoms with Gasteiger partial charge in [-0.05, 0) is 25.3 Å². The number of carbonyl (C=O) groups is 1. The highest BCUT2D eigenvalue weighted by Crippen LogP contribution is 2.28. The molecule has 2 aliphatic rings. The number of aryl methyl sites for hydroxylation is 1. The van der Waals surface area contributed by atoms with E-state index in [1.54, 1.807) is 17.5 Å². The van der Waals surface area contributed by atoms with Crippen molar-refractivity contribution in [1.82, 2.24) is 25.2 Å². The Morgan fingerprint density at radius 3 is 3.00 bits per heavy atom. The monoisotopic (exact) mass is 416 g/mol. The van der Waals surface area contributed by atoms with Gasteiger partial charge in [0.25, 0.3) is 5.91 Å². The first kappa shape index (κ1) is 20.2. The molecule has 2 aromatic rings. The van der Waals surface area contributed by atoms with Gasteiger partial charge in [0.15, 0.2) is 5.13 Å². The minimum Gasteiger partial charge on any atom is -0.366 e. The number of nitrogens with one attached hydrogen (secondary N) is 2. The number of nitrogens with zero attached hydrogens (tertiary/aromatic N) is 4. The second-order valence-corrected chi connectivity index (χ2v) is 8.59. The standard InChI is InChI=1S/C20H28N6O2S/c1-2-3-15-12-23-20(29-15)25-17-4-7-22-18(24-17)14-5-9-26(10-6-14)19(27)16-13-21-8-11-28-16/h4,7,12,14,16,21H,2-3,5-6,8-11,13H2,1H3,(H,22,23,24,25). The van der Waals surface area contributed by atoms with Crippen molar-refractivity contribution in [2.24, 2.45) is 0 Å². The van der Waals surface area contributed by atoms with Crippen LogP contribution in [0, 0.1) is 0 Å². The van der Waals surface area contributed by atoms with E-state index in [4.69, 9.17) is 9.72 Å². The van der Waals surface area contributed by atoms with Crippen LogP contribution in [0.5, 0.6) is 0 Å². The molecule has 1 unspecified atom stereocenters. The second-order valence-electron chi connectivity index (χ2n) is 7.47. The Hall–Kier alpha value is -2.10. The summed E-state index contributed by atoms with van der Waals surface area (Å²) in [6.45, 7) is 5.62. The zero-order chi connectivity index (χ0) is 20.1. The van der Waals surface area contributed by atoms with Crippen molar-refractivity contribution in [1.29, 1.82) is 0 Å². The maximum absolute atomic E-state index is 12.6. The lowest BCUT2D eigenvalue weighted by Crippen LogP contribution is -2.51. The van der Waals surface area contributed by atoms with Crippen molar-refractivity contribution in [2.75, 3.05) is 38.1 Å². The first-order valence-corrected chi connectivity index (χ1v) is 11.2. The van der Waals surface area contributed by atoms with Crippen LogP contribution in [0.15, 0.2) is 18.5 Å². The van der Waals surface area contributed by atoms with Gasteiger partial charge in [-0.2, -0.15) is 0 Å². The molecule has 2 N–H and O–H groups in total. The van der Waals surface area contributed by atoms with Crippen LogP contribution >= 0.6 is 11.3 Å². The van der Waals surface area contributed by atoms with Crippen molar-refractivity contribution < 1.29 is 9.53 Å². The number of ether oxygens (including phenoxy) is 1. The van der Waals surface area contributed by atoms with Gasteiger partial charge in [-0.3, -0.25) is 4.79 Å². The van der Waals surface area contributed by atoms with Gasteiger partial charge in [-0.25, -0.2) is 15.0 Å². The van der Waals surface area contributed by atoms with Crippen molar-refractivity contribution in [3.8, 4) is 0 Å². The highest BCUT2D eigenvalue weighted by molar-refractivity contribution is 7.15. The van der Waals surface area contributed by atoms with Crippen LogP contribution in [0.1, 0.15) is 42.8 Å². The fraction of sp³-hybridized carbons (Fsp3) is 0.600. The third-order valence-electron chi connectivity index (χ3n) is 5.33. The van der Waals surface area contributed by atoms with Crippen molar-refractivity contribution >= 4 is 28.2 Å². The molecule has 2 fully saturated rings. The van der Waals surface area contributed by atoms with Gasteiger partial charge in [-0.1, -0.05) is 13.3 Å². The van der Waals surface area contributed by atoms with Crippen LogP contribution in [-0.2, 0) is 16.0 Å². The molecule has 1 atom stereocenters. The molecular formula is C20H28N6O2S. The summed E-state index contributed by atoms with van der Waals surface area (Å²) in [5.74, 6) is 1.97. The van der Waals surface area contributed by atoms with Gasteiger partial charge in [0.2, 0.25) is 0 Å². The number of likely N-dealkylation sites (tertiary alicyclic amines) is 1. The summed E-state index contributed by atoms with van der Waals surface area (Å²) in [6.07, 6.45) is 7.28. The SMILES string of the molecule is CCCc1cnc(Nc2ccnc(C3CCN(C(=O)C4CNCCO4)CC3)n2)s1. The average Bonchev–Trinajstić information content (AvgIpc) is 3.21. The number of thiazole rings is 1.